The Labute approximate surface area is 244 Å². The number of fused-ring (bicyclic) bond motifs is 1. The number of allylic oxidation sites excluding steroid dienone is 4. The Bertz CT molecular complexity index is 1680. The van der Waals surface area contributed by atoms with E-state index >= 15 is 0 Å². The highest BCUT2D eigenvalue weighted by Crippen LogP contribution is 2.63. The van der Waals surface area contributed by atoms with Crippen molar-refractivity contribution >= 4 is 29.2 Å². The van der Waals surface area contributed by atoms with Crippen molar-refractivity contribution in [2.45, 2.75) is 19.5 Å². The number of hydrogen-bond donors (Lipinski definition) is 0. The van der Waals surface area contributed by atoms with E-state index in [0.717, 1.165) is 27.8 Å². The molecule has 0 radical (unpaired) electrons. The molecule has 2 aliphatic heterocycles. The zero-order chi connectivity index (χ0) is 28.5. The van der Waals surface area contributed by atoms with Gasteiger partial charge < -0.3 is 0 Å². The highest BCUT2D eigenvalue weighted by atomic mass is 16.2. The summed E-state index contributed by atoms with van der Waals surface area (Å²) in [7, 11) is 0. The van der Waals surface area contributed by atoms with E-state index in [9.17, 15) is 19.2 Å². The zero-order valence-corrected chi connectivity index (χ0v) is 23.0. The Morgan fingerprint density at radius 1 is 0.548 bits per heavy atom. The van der Waals surface area contributed by atoms with E-state index in [0.29, 0.717) is 6.42 Å². The van der Waals surface area contributed by atoms with Crippen molar-refractivity contribution in [3.8, 4) is 0 Å². The van der Waals surface area contributed by atoms with Crippen LogP contribution in [0, 0.1) is 41.4 Å². The third-order valence-corrected chi connectivity index (χ3v) is 10.2. The van der Waals surface area contributed by atoms with Crippen molar-refractivity contribution < 1.29 is 19.2 Å². The van der Waals surface area contributed by atoms with Crippen molar-refractivity contribution in [3.05, 3.63) is 125 Å². The van der Waals surface area contributed by atoms with Gasteiger partial charge in [0.1, 0.15) is 0 Å². The van der Waals surface area contributed by atoms with E-state index in [1.165, 1.54) is 9.80 Å². The number of carbonyl (C=O) groups excluding carboxylic acids is 4. The Morgan fingerprint density at radius 2 is 1.07 bits per heavy atom. The third kappa shape index (κ3) is 3.57. The number of hydrogen-bond acceptors (Lipinski definition) is 4. The summed E-state index contributed by atoms with van der Waals surface area (Å²) in [5, 5.41) is 0. The predicted octanol–water partition coefficient (Wildman–Crippen LogP) is 4.88. The quantitative estimate of drug-likeness (QED) is 0.333. The highest BCUT2D eigenvalue weighted by Gasteiger charge is 2.66. The minimum Gasteiger partial charge on any atom is -0.278 e. The minimum absolute atomic E-state index is 0.131. The van der Waals surface area contributed by atoms with Crippen molar-refractivity contribution in [2.75, 3.05) is 0 Å². The fraction of sp³-hybridized carbons (Fsp3) is 0.278. The molecule has 6 aliphatic rings. The minimum atomic E-state index is -0.534. The molecule has 0 aromatic heterocycles. The van der Waals surface area contributed by atoms with Gasteiger partial charge in [-0.1, -0.05) is 109 Å². The molecule has 42 heavy (non-hydrogen) atoms. The molecule has 9 rings (SSSR count). The average molecular weight is 555 g/mol. The van der Waals surface area contributed by atoms with E-state index in [1.54, 1.807) is 0 Å². The molecule has 3 aromatic carbocycles. The van der Waals surface area contributed by atoms with Crippen LogP contribution in [0.4, 0.5) is 0 Å². The summed E-state index contributed by atoms with van der Waals surface area (Å²) >= 11 is 0. The number of carbonyl (C=O) groups is 4. The topological polar surface area (TPSA) is 74.8 Å². The molecule has 208 valence electrons. The molecule has 0 spiro atoms. The first kappa shape index (κ1) is 25.2. The fourth-order valence-electron chi connectivity index (χ4n) is 8.49. The Morgan fingerprint density at radius 3 is 1.69 bits per heavy atom. The molecule has 4 amide bonds. The largest absolute Gasteiger partial charge is 0.278 e. The monoisotopic (exact) mass is 554 g/mol. The number of rotatable bonds is 5. The summed E-state index contributed by atoms with van der Waals surface area (Å²) in [6.07, 6.45) is 4.63. The van der Waals surface area contributed by atoms with Gasteiger partial charge in [-0.25, -0.2) is 0 Å². The maximum absolute atomic E-state index is 14.2. The van der Waals surface area contributed by atoms with Crippen LogP contribution in [-0.4, -0.2) is 33.4 Å². The smallest absolute Gasteiger partial charge is 0.234 e. The normalized spacial score (nSPS) is 31.1. The standard InChI is InChI=1S/C36H30N2O4/c39-33-27-18-26(23-14-8-3-9-15-23)28-24-16-17-25(29(28)32(27)36(42)37(33)19-21-10-4-1-5-11-21)31-30(24)34(40)38(35(31)41)20-22-12-6-2-7-13-22/h1-17,24-25,27,29-32H,18-20H2/t24-,25-,27-,29-,30+,31+,32+/m0/s1. The van der Waals surface area contributed by atoms with E-state index in [2.05, 4.69) is 24.3 Å². The van der Waals surface area contributed by atoms with Crippen LogP contribution in [0.1, 0.15) is 23.1 Å². The van der Waals surface area contributed by atoms with Crippen molar-refractivity contribution in [1.82, 2.24) is 9.80 Å². The van der Waals surface area contributed by atoms with Crippen LogP contribution in [0.15, 0.2) is 109 Å². The third-order valence-electron chi connectivity index (χ3n) is 10.2. The van der Waals surface area contributed by atoms with Gasteiger partial charge in [-0.3, -0.25) is 29.0 Å². The van der Waals surface area contributed by atoms with E-state index in [4.69, 9.17) is 0 Å². The molecule has 0 unspecified atom stereocenters. The lowest BCUT2D eigenvalue weighted by Gasteiger charge is -2.51. The van der Waals surface area contributed by atoms with E-state index in [-0.39, 0.29) is 54.5 Å². The molecular formula is C36H30N2O4. The lowest BCUT2D eigenvalue weighted by atomic mass is 9.49. The predicted molar refractivity (Wildman–Crippen MR) is 156 cm³/mol. The van der Waals surface area contributed by atoms with Crippen LogP contribution in [0.5, 0.6) is 0 Å². The first-order valence-corrected chi connectivity index (χ1v) is 14.8. The summed E-state index contributed by atoms with van der Waals surface area (Å²) in [4.78, 5) is 59.0. The van der Waals surface area contributed by atoms with Crippen molar-refractivity contribution in [1.29, 1.82) is 0 Å². The lowest BCUT2D eigenvalue weighted by Crippen LogP contribution is -2.51. The summed E-state index contributed by atoms with van der Waals surface area (Å²) in [6.45, 7) is 0.487. The Kier molecular flexibility index (Phi) is 5.68. The summed E-state index contributed by atoms with van der Waals surface area (Å²) in [6, 6.07) is 29.2. The molecule has 2 heterocycles. The van der Waals surface area contributed by atoms with E-state index in [1.807, 2.05) is 78.9 Å². The summed E-state index contributed by atoms with van der Waals surface area (Å²) in [5.74, 6) is -3.48. The number of benzene rings is 3. The molecule has 3 fully saturated rings. The van der Waals surface area contributed by atoms with Crippen LogP contribution in [0.3, 0.4) is 0 Å². The van der Waals surface area contributed by atoms with Gasteiger partial charge in [-0.2, -0.15) is 0 Å². The van der Waals surface area contributed by atoms with Gasteiger partial charge in [0.25, 0.3) is 0 Å². The number of amides is 4. The average Bonchev–Trinajstić information content (AvgIpc) is 3.43. The molecule has 3 aromatic rings. The second-order valence-corrected chi connectivity index (χ2v) is 12.2. The summed E-state index contributed by atoms with van der Waals surface area (Å²) < 4.78 is 0. The number of imide groups is 2. The molecule has 0 N–H and O–H groups in total. The maximum Gasteiger partial charge on any atom is 0.234 e. The molecule has 6 nitrogen and oxygen atoms in total. The number of likely N-dealkylation sites (tertiary alicyclic amines) is 2. The van der Waals surface area contributed by atoms with Gasteiger partial charge in [0.15, 0.2) is 0 Å². The van der Waals surface area contributed by atoms with Crippen molar-refractivity contribution in [3.63, 3.8) is 0 Å². The molecule has 2 saturated heterocycles. The van der Waals surface area contributed by atoms with Gasteiger partial charge in [0.05, 0.1) is 36.8 Å². The SMILES string of the molecule is O=C1[C@@H]2[C@H]3C=C[C@@H](C4=C(c5ccccc5)C[C@@H]5C(=O)N(Cc6ccccc6)C(=O)[C@H]5[C@H]43)[C@H]2C(=O)N1Cc1ccccc1. The second-order valence-electron chi connectivity index (χ2n) is 12.2. The molecule has 1 saturated carbocycles. The van der Waals surface area contributed by atoms with E-state index < -0.39 is 23.7 Å². The molecule has 6 heteroatoms. The van der Waals surface area contributed by atoms with Crippen molar-refractivity contribution in [2.24, 2.45) is 41.4 Å². The van der Waals surface area contributed by atoms with Crippen LogP contribution in [0.2, 0.25) is 0 Å². The Hall–Kier alpha value is -4.58. The highest BCUT2D eigenvalue weighted by molar-refractivity contribution is 6.09. The van der Waals surface area contributed by atoms with Gasteiger partial charge in [0.2, 0.25) is 23.6 Å². The zero-order valence-electron chi connectivity index (χ0n) is 23.0. The fourth-order valence-corrected chi connectivity index (χ4v) is 8.49. The van der Waals surface area contributed by atoms with Gasteiger partial charge in [-0.05, 0) is 34.6 Å². The Balaban J connectivity index is 1.23. The first-order chi connectivity index (χ1) is 20.5. The number of nitrogens with zero attached hydrogens (tertiary/aromatic N) is 2. The first-order valence-electron chi connectivity index (χ1n) is 14.8. The van der Waals surface area contributed by atoms with Gasteiger partial charge in [-0.15, -0.1) is 0 Å². The lowest BCUT2D eigenvalue weighted by molar-refractivity contribution is -0.143. The van der Waals surface area contributed by atoms with Crippen LogP contribution in [0.25, 0.3) is 5.57 Å². The molecule has 4 aliphatic carbocycles. The molecule has 2 bridgehead atoms. The molecular weight excluding hydrogens is 524 g/mol. The molecule has 7 atom stereocenters. The summed E-state index contributed by atoms with van der Waals surface area (Å²) in [5.41, 5.74) is 4.99. The second kappa shape index (κ2) is 9.48. The van der Waals surface area contributed by atoms with Gasteiger partial charge in [0, 0.05) is 11.8 Å². The van der Waals surface area contributed by atoms with Crippen LogP contribution < -0.4 is 0 Å². The van der Waals surface area contributed by atoms with Gasteiger partial charge >= 0.3 is 0 Å². The van der Waals surface area contributed by atoms with Crippen LogP contribution >= 0.6 is 0 Å². The van der Waals surface area contributed by atoms with Crippen LogP contribution in [-0.2, 0) is 32.3 Å². The maximum atomic E-state index is 14.2.